The lowest BCUT2D eigenvalue weighted by molar-refractivity contribution is 0.0769. The molecule has 1 rings (SSSR count). The van der Waals surface area contributed by atoms with E-state index in [0.29, 0.717) is 18.5 Å². The van der Waals surface area contributed by atoms with E-state index < -0.39 is 0 Å². The highest BCUT2D eigenvalue weighted by molar-refractivity contribution is 5.94. The van der Waals surface area contributed by atoms with Gasteiger partial charge in [-0.3, -0.25) is 4.79 Å². The molecule has 0 aliphatic carbocycles. The highest BCUT2D eigenvalue weighted by atomic mass is 16.3. The van der Waals surface area contributed by atoms with E-state index in [1.807, 2.05) is 19.2 Å². The van der Waals surface area contributed by atoms with Crippen LogP contribution in [-0.2, 0) is 0 Å². The number of anilines is 1. The number of aliphatic hydroxyl groups is 1. The van der Waals surface area contributed by atoms with Crippen LogP contribution < -0.4 is 5.32 Å². The quantitative estimate of drug-likeness (QED) is 0.816. The topological polar surface area (TPSA) is 52.6 Å². The summed E-state index contributed by atoms with van der Waals surface area (Å²) < 4.78 is 0. The molecule has 1 aromatic rings. The van der Waals surface area contributed by atoms with Crippen molar-refractivity contribution in [3.8, 4) is 0 Å². The lowest BCUT2D eigenvalue weighted by atomic mass is 10.1. The molecular formula is C13H20N2O2. The molecule has 4 nitrogen and oxygen atoms in total. The van der Waals surface area contributed by atoms with Gasteiger partial charge in [0.25, 0.3) is 5.91 Å². The van der Waals surface area contributed by atoms with E-state index in [-0.39, 0.29) is 12.0 Å². The second kappa shape index (κ2) is 6.25. The Hall–Kier alpha value is -1.55. The number of hydrogen-bond donors (Lipinski definition) is 2. The first-order chi connectivity index (χ1) is 8.04. The average molecular weight is 236 g/mol. The van der Waals surface area contributed by atoms with Crippen molar-refractivity contribution < 1.29 is 9.90 Å². The molecule has 4 heteroatoms. The SMILES string of the molecule is CNc1ccc(C(=O)N(C)CCC(C)O)cc1. The molecule has 0 radical (unpaired) electrons. The van der Waals surface area contributed by atoms with Crippen LogP contribution in [0, 0.1) is 0 Å². The lowest BCUT2D eigenvalue weighted by Gasteiger charge is -2.18. The smallest absolute Gasteiger partial charge is 0.253 e. The molecule has 0 saturated heterocycles. The molecule has 1 atom stereocenters. The number of benzene rings is 1. The van der Waals surface area contributed by atoms with Crippen molar-refractivity contribution in [2.45, 2.75) is 19.4 Å². The van der Waals surface area contributed by atoms with Crippen molar-refractivity contribution in [2.24, 2.45) is 0 Å². The lowest BCUT2D eigenvalue weighted by Crippen LogP contribution is -2.29. The molecule has 0 saturated carbocycles. The van der Waals surface area contributed by atoms with Crippen LogP contribution in [0.25, 0.3) is 0 Å². The molecule has 0 aliphatic rings. The minimum absolute atomic E-state index is 0.0201. The third kappa shape index (κ3) is 4.07. The van der Waals surface area contributed by atoms with E-state index in [4.69, 9.17) is 0 Å². The van der Waals surface area contributed by atoms with Crippen LogP contribution in [0.1, 0.15) is 23.7 Å². The minimum Gasteiger partial charge on any atom is -0.393 e. The van der Waals surface area contributed by atoms with E-state index in [1.165, 1.54) is 0 Å². The Balaban J connectivity index is 2.61. The van der Waals surface area contributed by atoms with E-state index in [9.17, 15) is 9.90 Å². The Morgan fingerprint density at radius 3 is 2.47 bits per heavy atom. The summed E-state index contributed by atoms with van der Waals surface area (Å²) in [5.41, 5.74) is 1.64. The largest absolute Gasteiger partial charge is 0.393 e. The zero-order valence-corrected chi connectivity index (χ0v) is 10.6. The molecule has 2 N–H and O–H groups in total. The highest BCUT2D eigenvalue weighted by Crippen LogP contribution is 2.10. The third-order valence-electron chi connectivity index (χ3n) is 2.65. The zero-order chi connectivity index (χ0) is 12.8. The molecule has 0 heterocycles. The Bertz CT molecular complexity index is 360. The Morgan fingerprint density at radius 1 is 1.41 bits per heavy atom. The van der Waals surface area contributed by atoms with Crippen LogP contribution in [-0.4, -0.2) is 42.7 Å². The van der Waals surface area contributed by atoms with Gasteiger partial charge in [0.1, 0.15) is 0 Å². The predicted octanol–water partition coefficient (Wildman–Crippen LogP) is 1.57. The second-order valence-electron chi connectivity index (χ2n) is 4.19. The summed E-state index contributed by atoms with van der Waals surface area (Å²) >= 11 is 0. The first kappa shape index (κ1) is 13.5. The number of rotatable bonds is 5. The monoisotopic (exact) mass is 236 g/mol. The van der Waals surface area contributed by atoms with Gasteiger partial charge in [0.2, 0.25) is 0 Å². The standard InChI is InChI=1S/C13H20N2O2/c1-10(16)8-9-15(3)13(17)11-4-6-12(14-2)7-5-11/h4-7,10,14,16H,8-9H2,1-3H3. The third-order valence-corrected chi connectivity index (χ3v) is 2.65. The second-order valence-corrected chi connectivity index (χ2v) is 4.19. The summed E-state index contributed by atoms with van der Waals surface area (Å²) in [5, 5.41) is 12.2. The van der Waals surface area contributed by atoms with E-state index >= 15 is 0 Å². The molecule has 1 amide bonds. The summed E-state index contributed by atoms with van der Waals surface area (Å²) in [6, 6.07) is 7.34. The molecule has 94 valence electrons. The Kier molecular flexibility index (Phi) is 4.97. The van der Waals surface area contributed by atoms with Crippen molar-refractivity contribution in [3.63, 3.8) is 0 Å². The number of aliphatic hydroxyl groups excluding tert-OH is 1. The molecule has 0 aromatic heterocycles. The summed E-state index contributed by atoms with van der Waals surface area (Å²) in [5.74, 6) is -0.0201. The number of carbonyl (C=O) groups excluding carboxylic acids is 1. The number of nitrogens with one attached hydrogen (secondary N) is 1. The number of amides is 1. The van der Waals surface area contributed by atoms with Gasteiger partial charge in [0, 0.05) is 31.9 Å². The maximum atomic E-state index is 12.0. The molecule has 0 fully saturated rings. The Labute approximate surface area is 102 Å². The van der Waals surface area contributed by atoms with Gasteiger partial charge < -0.3 is 15.3 Å². The number of carbonyl (C=O) groups is 1. The summed E-state index contributed by atoms with van der Waals surface area (Å²) in [7, 11) is 3.59. The first-order valence-electron chi connectivity index (χ1n) is 5.76. The average Bonchev–Trinajstić information content (AvgIpc) is 2.35. The summed E-state index contributed by atoms with van der Waals surface area (Å²) in [6.45, 7) is 2.28. The van der Waals surface area contributed by atoms with Gasteiger partial charge in [-0.15, -0.1) is 0 Å². The summed E-state index contributed by atoms with van der Waals surface area (Å²) in [4.78, 5) is 13.6. The van der Waals surface area contributed by atoms with Crippen LogP contribution in [0.3, 0.4) is 0 Å². The van der Waals surface area contributed by atoms with Crippen LogP contribution in [0.4, 0.5) is 5.69 Å². The van der Waals surface area contributed by atoms with Crippen molar-refractivity contribution in [1.82, 2.24) is 4.90 Å². The fourth-order valence-electron chi connectivity index (χ4n) is 1.48. The maximum Gasteiger partial charge on any atom is 0.253 e. The normalized spacial score (nSPS) is 12.0. The maximum absolute atomic E-state index is 12.0. The van der Waals surface area contributed by atoms with Crippen LogP contribution in [0.5, 0.6) is 0 Å². The highest BCUT2D eigenvalue weighted by Gasteiger charge is 2.11. The summed E-state index contributed by atoms with van der Waals surface area (Å²) in [6.07, 6.45) is 0.216. The molecule has 1 unspecified atom stereocenters. The van der Waals surface area contributed by atoms with Crippen molar-refractivity contribution in [1.29, 1.82) is 0 Å². The number of nitrogens with zero attached hydrogens (tertiary/aromatic N) is 1. The molecule has 0 spiro atoms. The number of hydrogen-bond acceptors (Lipinski definition) is 3. The fourth-order valence-corrected chi connectivity index (χ4v) is 1.48. The van der Waals surface area contributed by atoms with Gasteiger partial charge in [0.15, 0.2) is 0 Å². The van der Waals surface area contributed by atoms with Crippen molar-refractivity contribution >= 4 is 11.6 Å². The van der Waals surface area contributed by atoms with E-state index in [2.05, 4.69) is 5.32 Å². The van der Waals surface area contributed by atoms with Crippen molar-refractivity contribution in [2.75, 3.05) is 26.0 Å². The van der Waals surface area contributed by atoms with E-state index in [1.54, 1.807) is 31.0 Å². The van der Waals surface area contributed by atoms with Crippen LogP contribution >= 0.6 is 0 Å². The molecule has 0 aliphatic heterocycles. The van der Waals surface area contributed by atoms with Gasteiger partial charge in [-0.25, -0.2) is 0 Å². The van der Waals surface area contributed by atoms with Crippen molar-refractivity contribution in [3.05, 3.63) is 29.8 Å². The van der Waals surface area contributed by atoms with Gasteiger partial charge in [-0.2, -0.15) is 0 Å². The minimum atomic E-state index is -0.378. The first-order valence-corrected chi connectivity index (χ1v) is 5.76. The van der Waals surface area contributed by atoms with Crippen LogP contribution in [0.15, 0.2) is 24.3 Å². The molecule has 1 aromatic carbocycles. The molecule has 17 heavy (non-hydrogen) atoms. The zero-order valence-electron chi connectivity index (χ0n) is 10.6. The molecule has 0 bridgehead atoms. The van der Waals surface area contributed by atoms with Gasteiger partial charge in [-0.05, 0) is 37.6 Å². The van der Waals surface area contributed by atoms with Gasteiger partial charge in [-0.1, -0.05) is 0 Å². The van der Waals surface area contributed by atoms with Gasteiger partial charge >= 0.3 is 0 Å². The van der Waals surface area contributed by atoms with Crippen LogP contribution in [0.2, 0.25) is 0 Å². The van der Waals surface area contributed by atoms with E-state index in [0.717, 1.165) is 5.69 Å². The molecular weight excluding hydrogens is 216 g/mol. The predicted molar refractivity (Wildman–Crippen MR) is 69.2 cm³/mol. The Morgan fingerprint density at radius 2 is 2.00 bits per heavy atom. The van der Waals surface area contributed by atoms with Gasteiger partial charge in [0.05, 0.1) is 6.10 Å². The fraction of sp³-hybridized carbons (Fsp3) is 0.462.